The molecule has 1 aliphatic heterocycles. The third-order valence-electron chi connectivity index (χ3n) is 3.04. The van der Waals surface area contributed by atoms with Crippen LogP contribution in [0, 0.1) is 0 Å². The molecule has 1 aromatic carbocycles. The van der Waals surface area contributed by atoms with Gasteiger partial charge in [0.1, 0.15) is 0 Å². The number of likely N-dealkylation sites (N-methyl/N-ethyl adjacent to an activating group) is 1. The van der Waals surface area contributed by atoms with Gasteiger partial charge in [-0.3, -0.25) is 4.79 Å². The van der Waals surface area contributed by atoms with Crippen LogP contribution in [0.4, 0.5) is 0 Å². The Kier molecular flexibility index (Phi) is 4.02. The normalized spacial score (nSPS) is 19.3. The van der Waals surface area contributed by atoms with E-state index in [1.807, 2.05) is 31.3 Å². The quantitative estimate of drug-likeness (QED) is 0.893. The van der Waals surface area contributed by atoms with Crippen LogP contribution in [0.3, 0.4) is 0 Å². The topological polar surface area (TPSA) is 32.3 Å². The highest BCUT2D eigenvalue weighted by Crippen LogP contribution is 2.14. The summed E-state index contributed by atoms with van der Waals surface area (Å²) in [4.78, 5) is 13.8. The van der Waals surface area contributed by atoms with Gasteiger partial charge < -0.3 is 10.2 Å². The van der Waals surface area contributed by atoms with Crippen LogP contribution in [0.5, 0.6) is 0 Å². The molecule has 0 spiro atoms. The molecule has 3 nitrogen and oxygen atoms in total. The number of carbonyl (C=O) groups is 1. The Morgan fingerprint density at radius 1 is 1.59 bits per heavy atom. The Hall–Kier alpha value is -1.06. The molecule has 0 saturated carbocycles. The lowest BCUT2D eigenvalue weighted by atomic mass is 10.1. The zero-order chi connectivity index (χ0) is 12.3. The van der Waals surface area contributed by atoms with Crippen LogP contribution >= 0.6 is 11.6 Å². The molecule has 1 saturated heterocycles. The molecule has 0 radical (unpaired) electrons. The molecule has 0 bridgehead atoms. The number of hydrogen-bond acceptors (Lipinski definition) is 2. The zero-order valence-electron chi connectivity index (χ0n) is 9.95. The number of rotatable bonds is 3. The maximum Gasteiger partial charge on any atom is 0.239 e. The van der Waals surface area contributed by atoms with Gasteiger partial charge in [-0.1, -0.05) is 23.7 Å². The van der Waals surface area contributed by atoms with E-state index in [0.717, 1.165) is 24.9 Å². The fraction of sp³-hybridized carbons (Fsp3) is 0.462. The number of amides is 1. The minimum absolute atomic E-state index is 0.000755. The third-order valence-corrected chi connectivity index (χ3v) is 3.28. The summed E-state index contributed by atoms with van der Waals surface area (Å²) < 4.78 is 0. The fourth-order valence-corrected chi connectivity index (χ4v) is 2.36. The van der Waals surface area contributed by atoms with E-state index >= 15 is 0 Å². The van der Waals surface area contributed by atoms with Crippen LogP contribution in [-0.2, 0) is 11.3 Å². The molecule has 92 valence electrons. The predicted molar refractivity (Wildman–Crippen MR) is 69.0 cm³/mol. The van der Waals surface area contributed by atoms with Crippen LogP contribution in [-0.4, -0.2) is 30.4 Å². The van der Waals surface area contributed by atoms with Crippen molar-refractivity contribution in [2.75, 3.05) is 13.6 Å². The van der Waals surface area contributed by atoms with Crippen molar-refractivity contribution in [3.8, 4) is 0 Å². The van der Waals surface area contributed by atoms with E-state index in [4.69, 9.17) is 11.6 Å². The van der Waals surface area contributed by atoms with Gasteiger partial charge in [-0.15, -0.1) is 0 Å². The molecule has 0 unspecified atom stereocenters. The lowest BCUT2D eigenvalue weighted by Gasteiger charge is -2.21. The van der Waals surface area contributed by atoms with Crippen molar-refractivity contribution >= 4 is 17.5 Å². The summed E-state index contributed by atoms with van der Waals surface area (Å²) in [6, 6.07) is 7.62. The summed E-state index contributed by atoms with van der Waals surface area (Å²) in [6.45, 7) is 1.55. The number of halogens is 1. The minimum Gasteiger partial charge on any atom is -0.340 e. The average molecular weight is 253 g/mol. The predicted octanol–water partition coefficient (Wildman–Crippen LogP) is 2.05. The highest BCUT2D eigenvalue weighted by atomic mass is 35.5. The maximum atomic E-state index is 12.1. The molecule has 1 amide bonds. The standard InChI is InChI=1S/C13H17ClN2O/c1-16(13(17)12-6-3-7-15-12)9-10-4-2-5-11(14)8-10/h2,4-5,8,12,15H,3,6-7,9H2,1H3/t12-/m0/s1. The van der Waals surface area contributed by atoms with Crippen LogP contribution in [0.2, 0.25) is 5.02 Å². The molecule has 1 fully saturated rings. The molecule has 17 heavy (non-hydrogen) atoms. The monoisotopic (exact) mass is 252 g/mol. The smallest absolute Gasteiger partial charge is 0.239 e. The third kappa shape index (κ3) is 3.20. The maximum absolute atomic E-state index is 12.1. The van der Waals surface area contributed by atoms with Gasteiger partial charge in [0.05, 0.1) is 6.04 Å². The van der Waals surface area contributed by atoms with Gasteiger partial charge in [-0.25, -0.2) is 0 Å². The van der Waals surface area contributed by atoms with Crippen LogP contribution in [0.15, 0.2) is 24.3 Å². The van der Waals surface area contributed by atoms with Crippen molar-refractivity contribution in [3.05, 3.63) is 34.9 Å². The Bertz CT molecular complexity index is 402. The number of carbonyl (C=O) groups excluding carboxylic acids is 1. The molecule has 1 atom stereocenters. The molecular weight excluding hydrogens is 236 g/mol. The molecule has 4 heteroatoms. The molecule has 1 aromatic rings. The van der Waals surface area contributed by atoms with Crippen molar-refractivity contribution in [1.82, 2.24) is 10.2 Å². The lowest BCUT2D eigenvalue weighted by molar-refractivity contribution is -0.132. The van der Waals surface area contributed by atoms with Gasteiger partial charge >= 0.3 is 0 Å². The van der Waals surface area contributed by atoms with E-state index in [-0.39, 0.29) is 11.9 Å². The van der Waals surface area contributed by atoms with Crippen molar-refractivity contribution in [2.45, 2.75) is 25.4 Å². The molecule has 0 aromatic heterocycles. The Balaban J connectivity index is 1.96. The summed E-state index contributed by atoms with van der Waals surface area (Å²) >= 11 is 5.92. The number of benzene rings is 1. The Labute approximate surface area is 107 Å². The van der Waals surface area contributed by atoms with Crippen LogP contribution in [0.25, 0.3) is 0 Å². The molecule has 1 N–H and O–H groups in total. The zero-order valence-corrected chi connectivity index (χ0v) is 10.7. The molecular formula is C13H17ClN2O. The summed E-state index contributed by atoms with van der Waals surface area (Å²) in [5.41, 5.74) is 1.06. The first-order chi connectivity index (χ1) is 8.16. The Morgan fingerprint density at radius 3 is 3.06 bits per heavy atom. The largest absolute Gasteiger partial charge is 0.340 e. The van der Waals surface area contributed by atoms with Gasteiger partial charge in [0.25, 0.3) is 0 Å². The van der Waals surface area contributed by atoms with Crippen molar-refractivity contribution < 1.29 is 4.79 Å². The second-order valence-corrected chi connectivity index (χ2v) is 4.91. The Morgan fingerprint density at radius 2 is 2.41 bits per heavy atom. The first-order valence-corrected chi connectivity index (χ1v) is 6.27. The SMILES string of the molecule is CN(Cc1cccc(Cl)c1)C(=O)[C@@H]1CCCN1. The number of nitrogens with one attached hydrogen (secondary N) is 1. The van der Waals surface area contributed by atoms with E-state index < -0.39 is 0 Å². The van der Waals surface area contributed by atoms with E-state index in [2.05, 4.69) is 5.32 Å². The molecule has 0 aliphatic carbocycles. The molecule has 1 heterocycles. The molecule has 2 rings (SSSR count). The van der Waals surface area contributed by atoms with E-state index in [0.29, 0.717) is 11.6 Å². The summed E-state index contributed by atoms with van der Waals surface area (Å²) in [6.07, 6.45) is 2.03. The molecule has 1 aliphatic rings. The van der Waals surface area contributed by atoms with Crippen molar-refractivity contribution in [1.29, 1.82) is 0 Å². The summed E-state index contributed by atoms with van der Waals surface area (Å²) in [7, 11) is 1.84. The fourth-order valence-electron chi connectivity index (χ4n) is 2.15. The van der Waals surface area contributed by atoms with Crippen molar-refractivity contribution in [3.63, 3.8) is 0 Å². The summed E-state index contributed by atoms with van der Waals surface area (Å²) in [5, 5.41) is 3.93. The van der Waals surface area contributed by atoms with Gasteiger partial charge in [0, 0.05) is 18.6 Å². The first kappa shape index (κ1) is 12.4. The number of nitrogens with zero attached hydrogens (tertiary/aromatic N) is 1. The van der Waals surface area contributed by atoms with E-state index in [9.17, 15) is 4.79 Å². The van der Waals surface area contributed by atoms with E-state index in [1.165, 1.54) is 0 Å². The highest BCUT2D eigenvalue weighted by Gasteiger charge is 2.24. The lowest BCUT2D eigenvalue weighted by Crippen LogP contribution is -2.41. The second kappa shape index (κ2) is 5.52. The second-order valence-electron chi connectivity index (χ2n) is 4.47. The van der Waals surface area contributed by atoms with Crippen LogP contribution < -0.4 is 5.32 Å². The summed E-state index contributed by atoms with van der Waals surface area (Å²) in [5.74, 6) is 0.169. The number of hydrogen-bond donors (Lipinski definition) is 1. The van der Waals surface area contributed by atoms with Gasteiger partial charge in [0.15, 0.2) is 0 Å². The minimum atomic E-state index is -0.000755. The van der Waals surface area contributed by atoms with E-state index in [1.54, 1.807) is 4.90 Å². The van der Waals surface area contributed by atoms with Gasteiger partial charge in [0.2, 0.25) is 5.91 Å². The highest BCUT2D eigenvalue weighted by molar-refractivity contribution is 6.30. The first-order valence-electron chi connectivity index (χ1n) is 5.89. The average Bonchev–Trinajstić information content (AvgIpc) is 2.81. The van der Waals surface area contributed by atoms with Gasteiger partial charge in [-0.2, -0.15) is 0 Å². The van der Waals surface area contributed by atoms with Crippen LogP contribution in [0.1, 0.15) is 18.4 Å². The van der Waals surface area contributed by atoms with Crippen molar-refractivity contribution in [2.24, 2.45) is 0 Å². The van der Waals surface area contributed by atoms with Gasteiger partial charge in [-0.05, 0) is 37.1 Å².